The highest BCUT2D eigenvalue weighted by molar-refractivity contribution is 6.76. The Hall–Kier alpha value is -1.95. The highest BCUT2D eigenvalue weighted by atomic mass is 28.3. The van der Waals surface area contributed by atoms with Gasteiger partial charge in [-0.15, -0.1) is 0 Å². The van der Waals surface area contributed by atoms with E-state index in [0.29, 0.717) is 17.7 Å². The van der Waals surface area contributed by atoms with Gasteiger partial charge >= 0.3 is 0 Å². The van der Waals surface area contributed by atoms with Crippen LogP contribution in [0.4, 0.5) is 0 Å². The van der Waals surface area contributed by atoms with Crippen LogP contribution in [0.1, 0.15) is 27.6 Å². The van der Waals surface area contributed by atoms with E-state index in [1.807, 2.05) is 0 Å². The van der Waals surface area contributed by atoms with Crippen molar-refractivity contribution in [3.8, 4) is 0 Å². The zero-order chi connectivity index (χ0) is 16.5. The topological polar surface area (TPSA) is 57.7 Å². The predicted molar refractivity (Wildman–Crippen MR) is 87.4 cm³/mol. The summed E-state index contributed by atoms with van der Waals surface area (Å²) in [5.74, 6) is -0.548. The first-order chi connectivity index (χ1) is 10.2. The van der Waals surface area contributed by atoms with E-state index in [2.05, 4.69) is 19.6 Å². The molecule has 1 aromatic rings. The lowest BCUT2D eigenvalue weighted by molar-refractivity contribution is -0.128. The Morgan fingerprint density at radius 1 is 1.09 bits per heavy atom. The van der Waals surface area contributed by atoms with Gasteiger partial charge in [0.1, 0.15) is 0 Å². The van der Waals surface area contributed by atoms with Crippen molar-refractivity contribution >= 4 is 25.8 Å². The van der Waals surface area contributed by atoms with Crippen LogP contribution < -0.4 is 0 Å². The molecule has 22 heavy (non-hydrogen) atoms. The molecule has 1 aromatic carbocycles. The van der Waals surface area contributed by atoms with E-state index in [4.69, 9.17) is 0 Å². The molecule has 118 valence electrons. The summed E-state index contributed by atoms with van der Waals surface area (Å²) in [5.41, 5.74) is 0.902. The molecule has 0 N–H and O–H groups in total. The third-order valence-corrected chi connectivity index (χ3v) is 4.91. The summed E-state index contributed by atoms with van der Waals surface area (Å²) in [6.07, 6.45) is 0.728. The van der Waals surface area contributed by atoms with E-state index in [1.54, 1.807) is 29.2 Å². The van der Waals surface area contributed by atoms with Gasteiger partial charge in [-0.05, 0) is 12.1 Å². The SMILES string of the molecule is CC(=O)N(CCN1C(=O)c2ccccc2C1=O)C[Si](C)(C)C. The zero-order valence-electron chi connectivity index (χ0n) is 13.5. The van der Waals surface area contributed by atoms with Gasteiger partial charge in [0.2, 0.25) is 5.91 Å². The van der Waals surface area contributed by atoms with Crippen molar-refractivity contribution in [2.75, 3.05) is 19.3 Å². The molecule has 0 saturated heterocycles. The van der Waals surface area contributed by atoms with Crippen LogP contribution in [0.15, 0.2) is 24.3 Å². The molecule has 5 nitrogen and oxygen atoms in total. The normalized spacial score (nSPS) is 14.3. The molecule has 0 aromatic heterocycles. The second-order valence-corrected chi connectivity index (χ2v) is 12.2. The molecule has 0 unspecified atom stereocenters. The van der Waals surface area contributed by atoms with Crippen molar-refractivity contribution in [2.45, 2.75) is 26.6 Å². The van der Waals surface area contributed by atoms with Gasteiger partial charge in [0.15, 0.2) is 0 Å². The summed E-state index contributed by atoms with van der Waals surface area (Å²) < 4.78 is 0. The first-order valence-corrected chi connectivity index (χ1v) is 11.1. The number of carbonyl (C=O) groups excluding carboxylic acids is 3. The van der Waals surface area contributed by atoms with Crippen LogP contribution in [-0.4, -0.2) is 54.9 Å². The van der Waals surface area contributed by atoms with Gasteiger partial charge in [-0.3, -0.25) is 19.3 Å². The number of carbonyl (C=O) groups is 3. The molecule has 6 heteroatoms. The van der Waals surface area contributed by atoms with E-state index in [0.717, 1.165) is 6.17 Å². The highest BCUT2D eigenvalue weighted by Crippen LogP contribution is 2.22. The maximum atomic E-state index is 12.3. The minimum Gasteiger partial charge on any atom is -0.344 e. The average Bonchev–Trinajstić information content (AvgIpc) is 2.67. The highest BCUT2D eigenvalue weighted by Gasteiger charge is 2.35. The summed E-state index contributed by atoms with van der Waals surface area (Å²) >= 11 is 0. The number of amides is 3. The lowest BCUT2D eigenvalue weighted by Crippen LogP contribution is -2.46. The maximum Gasteiger partial charge on any atom is 0.261 e. The average molecular weight is 318 g/mol. The summed E-state index contributed by atoms with van der Waals surface area (Å²) in [7, 11) is -1.44. The van der Waals surface area contributed by atoms with Crippen LogP contribution in [0.5, 0.6) is 0 Å². The van der Waals surface area contributed by atoms with Crippen molar-refractivity contribution in [3.63, 3.8) is 0 Å². The van der Waals surface area contributed by atoms with Crippen LogP contribution >= 0.6 is 0 Å². The molecule has 0 saturated carbocycles. The van der Waals surface area contributed by atoms with Gasteiger partial charge in [0.25, 0.3) is 11.8 Å². The second kappa shape index (κ2) is 6.04. The molecule has 0 bridgehead atoms. The minimum absolute atomic E-state index is 0.0148. The molecule has 0 radical (unpaired) electrons. The Morgan fingerprint density at radius 3 is 2.00 bits per heavy atom. The molecule has 1 aliphatic heterocycles. The van der Waals surface area contributed by atoms with Crippen LogP contribution in [0.3, 0.4) is 0 Å². The van der Waals surface area contributed by atoms with Crippen LogP contribution in [-0.2, 0) is 4.79 Å². The molecular formula is C16H22N2O3Si. The maximum absolute atomic E-state index is 12.3. The Kier molecular flexibility index (Phi) is 4.51. The first-order valence-electron chi connectivity index (χ1n) is 7.41. The van der Waals surface area contributed by atoms with E-state index >= 15 is 0 Å². The Bertz CT molecular complexity index is 587. The molecule has 1 aliphatic rings. The molecule has 0 spiro atoms. The number of imide groups is 1. The summed E-state index contributed by atoms with van der Waals surface area (Å²) in [6.45, 7) is 8.73. The fourth-order valence-corrected chi connectivity index (χ4v) is 4.11. The largest absolute Gasteiger partial charge is 0.344 e. The van der Waals surface area contributed by atoms with E-state index in [9.17, 15) is 14.4 Å². The van der Waals surface area contributed by atoms with E-state index < -0.39 is 8.07 Å². The minimum atomic E-state index is -1.44. The molecule has 3 amide bonds. The molecular weight excluding hydrogens is 296 g/mol. The lowest BCUT2D eigenvalue weighted by atomic mass is 10.1. The fraction of sp³-hybridized carbons (Fsp3) is 0.438. The van der Waals surface area contributed by atoms with Gasteiger partial charge in [-0.25, -0.2) is 0 Å². The van der Waals surface area contributed by atoms with Crippen LogP contribution in [0.25, 0.3) is 0 Å². The van der Waals surface area contributed by atoms with Crippen LogP contribution in [0, 0.1) is 0 Å². The van der Waals surface area contributed by atoms with Gasteiger partial charge in [0.05, 0.1) is 19.2 Å². The number of hydrogen-bond donors (Lipinski definition) is 0. The number of hydrogen-bond acceptors (Lipinski definition) is 3. The standard InChI is InChI=1S/C16H22N2O3Si/c1-12(19)17(11-22(2,3)4)9-10-18-15(20)13-7-5-6-8-14(13)16(18)21/h5-8H,9-11H2,1-4H3. The quantitative estimate of drug-likeness (QED) is 0.616. The number of rotatable bonds is 5. The van der Waals surface area contributed by atoms with E-state index in [-0.39, 0.29) is 24.3 Å². The van der Waals surface area contributed by atoms with E-state index in [1.165, 1.54) is 11.8 Å². The number of fused-ring (bicyclic) bond motifs is 1. The fourth-order valence-electron chi connectivity index (χ4n) is 2.58. The summed E-state index contributed by atoms with van der Waals surface area (Å²) in [4.78, 5) is 39.3. The monoisotopic (exact) mass is 318 g/mol. The van der Waals surface area contributed by atoms with Crippen molar-refractivity contribution in [2.24, 2.45) is 0 Å². The number of nitrogens with zero attached hydrogens (tertiary/aromatic N) is 2. The van der Waals surface area contributed by atoms with Gasteiger partial charge < -0.3 is 4.90 Å². The van der Waals surface area contributed by atoms with Gasteiger partial charge in [-0.2, -0.15) is 0 Å². The molecule has 0 atom stereocenters. The first kappa shape index (κ1) is 16.4. The second-order valence-electron chi connectivity index (χ2n) is 6.81. The number of benzene rings is 1. The lowest BCUT2D eigenvalue weighted by Gasteiger charge is -2.29. The molecule has 2 rings (SSSR count). The summed E-state index contributed by atoms with van der Waals surface area (Å²) in [5, 5.41) is 0. The molecule has 0 fully saturated rings. The smallest absolute Gasteiger partial charge is 0.261 e. The van der Waals surface area contributed by atoms with Crippen molar-refractivity contribution < 1.29 is 14.4 Å². The zero-order valence-corrected chi connectivity index (χ0v) is 14.5. The molecule has 1 heterocycles. The predicted octanol–water partition coefficient (Wildman–Crippen LogP) is 2.01. The van der Waals surface area contributed by atoms with Gasteiger partial charge in [0, 0.05) is 26.2 Å². The van der Waals surface area contributed by atoms with Crippen molar-refractivity contribution in [1.29, 1.82) is 0 Å². The summed E-state index contributed by atoms with van der Waals surface area (Å²) in [6, 6.07) is 6.84. The third-order valence-electron chi connectivity index (χ3n) is 3.58. The van der Waals surface area contributed by atoms with Crippen LogP contribution in [0.2, 0.25) is 19.6 Å². The Labute approximate surface area is 131 Å². The third kappa shape index (κ3) is 3.44. The molecule has 0 aliphatic carbocycles. The Balaban J connectivity index is 2.07. The van der Waals surface area contributed by atoms with Crippen molar-refractivity contribution in [3.05, 3.63) is 35.4 Å². The Morgan fingerprint density at radius 2 is 1.59 bits per heavy atom. The van der Waals surface area contributed by atoms with Gasteiger partial charge in [-0.1, -0.05) is 31.8 Å². The van der Waals surface area contributed by atoms with Crippen molar-refractivity contribution in [1.82, 2.24) is 9.80 Å².